The lowest BCUT2D eigenvalue weighted by Crippen LogP contribution is -2.14. The van der Waals surface area contributed by atoms with Crippen LogP contribution in [-0.4, -0.2) is 41.5 Å². The van der Waals surface area contributed by atoms with Crippen LogP contribution in [0.25, 0.3) is 5.65 Å². The molecule has 0 aliphatic carbocycles. The van der Waals surface area contributed by atoms with Crippen LogP contribution in [0.3, 0.4) is 0 Å². The average molecular weight is 260 g/mol. The Bertz CT molecular complexity index is 713. The fraction of sp³-hybridized carbons (Fsp3) is 0.300. The summed E-state index contributed by atoms with van der Waals surface area (Å²) in [6.45, 7) is 0.728. The van der Waals surface area contributed by atoms with Crippen LogP contribution in [0.4, 0.5) is 5.82 Å². The van der Waals surface area contributed by atoms with E-state index in [2.05, 4.69) is 35.8 Å². The van der Waals surface area contributed by atoms with Gasteiger partial charge in [-0.2, -0.15) is 14.7 Å². The molecule has 0 aromatic carbocycles. The number of aromatic nitrogens is 7. The Kier molecular flexibility index (Phi) is 2.93. The summed E-state index contributed by atoms with van der Waals surface area (Å²) in [6.07, 6.45) is 3.18. The minimum Gasteiger partial charge on any atom is -0.369 e. The Morgan fingerprint density at radius 3 is 3.11 bits per heavy atom. The SMILES string of the molecule is O=c1[nH]nc2ccc(NCCCc3ncn[nH]3)nn12. The second kappa shape index (κ2) is 4.88. The van der Waals surface area contributed by atoms with E-state index < -0.39 is 0 Å². The normalized spacial score (nSPS) is 10.9. The summed E-state index contributed by atoms with van der Waals surface area (Å²) in [5.74, 6) is 1.49. The minimum atomic E-state index is -0.347. The summed E-state index contributed by atoms with van der Waals surface area (Å²) < 4.78 is 1.22. The lowest BCUT2D eigenvalue weighted by atomic mass is 10.3. The molecule has 3 N–H and O–H groups in total. The fourth-order valence-electron chi connectivity index (χ4n) is 1.72. The molecule has 0 amide bonds. The molecule has 0 saturated carbocycles. The minimum absolute atomic E-state index is 0.347. The van der Waals surface area contributed by atoms with Crippen molar-refractivity contribution in [3.05, 3.63) is 34.8 Å². The molecular formula is C10H12N8O. The maximum absolute atomic E-state index is 11.4. The van der Waals surface area contributed by atoms with Crippen LogP contribution in [-0.2, 0) is 6.42 Å². The summed E-state index contributed by atoms with van der Waals surface area (Å²) in [7, 11) is 0. The van der Waals surface area contributed by atoms with Crippen molar-refractivity contribution in [1.29, 1.82) is 0 Å². The maximum atomic E-state index is 11.4. The predicted molar refractivity (Wildman–Crippen MR) is 66.8 cm³/mol. The smallest absolute Gasteiger partial charge is 0.364 e. The van der Waals surface area contributed by atoms with E-state index in [1.54, 1.807) is 12.1 Å². The lowest BCUT2D eigenvalue weighted by Gasteiger charge is -2.04. The second-order valence-electron chi connectivity index (χ2n) is 3.98. The van der Waals surface area contributed by atoms with E-state index in [0.29, 0.717) is 11.5 Å². The van der Waals surface area contributed by atoms with E-state index in [1.807, 2.05) is 0 Å². The zero-order valence-electron chi connectivity index (χ0n) is 10.00. The van der Waals surface area contributed by atoms with Crippen molar-refractivity contribution in [1.82, 2.24) is 35.0 Å². The molecule has 0 fully saturated rings. The van der Waals surface area contributed by atoms with Gasteiger partial charge in [-0.1, -0.05) is 0 Å². The molecule has 0 spiro atoms. The molecule has 0 aliphatic heterocycles. The van der Waals surface area contributed by atoms with Crippen molar-refractivity contribution in [2.45, 2.75) is 12.8 Å². The van der Waals surface area contributed by atoms with Crippen molar-refractivity contribution in [2.24, 2.45) is 0 Å². The largest absolute Gasteiger partial charge is 0.369 e. The van der Waals surface area contributed by atoms with Crippen molar-refractivity contribution in [3.8, 4) is 0 Å². The molecule has 0 unspecified atom stereocenters. The van der Waals surface area contributed by atoms with Crippen LogP contribution in [0.15, 0.2) is 23.3 Å². The van der Waals surface area contributed by atoms with Crippen LogP contribution < -0.4 is 11.0 Å². The first-order valence-corrected chi connectivity index (χ1v) is 5.85. The lowest BCUT2D eigenvalue weighted by molar-refractivity contribution is 0.796. The number of H-pyrrole nitrogens is 2. The highest BCUT2D eigenvalue weighted by molar-refractivity contribution is 5.42. The molecule has 0 atom stereocenters. The van der Waals surface area contributed by atoms with Gasteiger partial charge in [0, 0.05) is 13.0 Å². The number of hydrogen-bond donors (Lipinski definition) is 3. The standard InChI is InChI=1S/C10H12N8O/c19-10-16-15-9-4-3-8(17-18(9)10)11-5-1-2-7-12-6-13-14-7/h3-4,6H,1-2,5H2,(H,11,17)(H,16,19)(H,12,13,14). The van der Waals surface area contributed by atoms with Crippen LogP contribution in [0.1, 0.15) is 12.2 Å². The van der Waals surface area contributed by atoms with Gasteiger partial charge in [0.2, 0.25) is 0 Å². The van der Waals surface area contributed by atoms with Gasteiger partial charge in [0.05, 0.1) is 0 Å². The Balaban J connectivity index is 1.59. The number of aromatic amines is 2. The predicted octanol–water partition coefficient (Wildman–Crippen LogP) is -0.420. The molecule has 0 radical (unpaired) electrons. The van der Waals surface area contributed by atoms with Crippen molar-refractivity contribution in [3.63, 3.8) is 0 Å². The monoisotopic (exact) mass is 260 g/mol. The highest BCUT2D eigenvalue weighted by Crippen LogP contribution is 2.03. The molecule has 3 heterocycles. The number of anilines is 1. The number of nitrogens with one attached hydrogen (secondary N) is 3. The molecule has 0 aliphatic rings. The summed E-state index contributed by atoms with van der Waals surface area (Å²) in [4.78, 5) is 15.4. The van der Waals surface area contributed by atoms with Gasteiger partial charge in [-0.3, -0.25) is 5.10 Å². The molecule has 0 saturated heterocycles. The number of rotatable bonds is 5. The van der Waals surface area contributed by atoms with Gasteiger partial charge < -0.3 is 5.32 Å². The topological polar surface area (TPSA) is 117 Å². The molecule has 98 valence electrons. The number of fused-ring (bicyclic) bond motifs is 1. The molecule has 3 rings (SSSR count). The molecule has 3 aromatic heterocycles. The number of aryl methyl sites for hydroxylation is 1. The molecule has 0 bridgehead atoms. The summed E-state index contributed by atoms with van der Waals surface area (Å²) in [5, 5.41) is 20.0. The Morgan fingerprint density at radius 1 is 1.32 bits per heavy atom. The number of hydrogen-bond acceptors (Lipinski definition) is 6. The van der Waals surface area contributed by atoms with E-state index in [9.17, 15) is 4.79 Å². The zero-order chi connectivity index (χ0) is 13.1. The third-order valence-electron chi connectivity index (χ3n) is 2.63. The van der Waals surface area contributed by atoms with E-state index in [4.69, 9.17) is 0 Å². The summed E-state index contributed by atoms with van der Waals surface area (Å²) in [5.41, 5.74) is 0.150. The first kappa shape index (κ1) is 11.4. The first-order chi connectivity index (χ1) is 9.33. The van der Waals surface area contributed by atoms with Gasteiger partial charge >= 0.3 is 5.69 Å². The van der Waals surface area contributed by atoms with Crippen LogP contribution in [0.2, 0.25) is 0 Å². The molecular weight excluding hydrogens is 248 g/mol. The van der Waals surface area contributed by atoms with Crippen LogP contribution in [0.5, 0.6) is 0 Å². The fourth-order valence-corrected chi connectivity index (χ4v) is 1.72. The van der Waals surface area contributed by atoms with E-state index in [1.165, 1.54) is 10.8 Å². The van der Waals surface area contributed by atoms with Crippen LogP contribution in [0, 0.1) is 0 Å². The maximum Gasteiger partial charge on any atom is 0.364 e. The van der Waals surface area contributed by atoms with Gasteiger partial charge in [0.1, 0.15) is 18.0 Å². The summed E-state index contributed by atoms with van der Waals surface area (Å²) in [6, 6.07) is 3.51. The van der Waals surface area contributed by atoms with E-state index in [-0.39, 0.29) is 5.69 Å². The van der Waals surface area contributed by atoms with Crippen LogP contribution >= 0.6 is 0 Å². The van der Waals surface area contributed by atoms with Gasteiger partial charge in [0.15, 0.2) is 5.65 Å². The second-order valence-corrected chi connectivity index (χ2v) is 3.98. The molecule has 3 aromatic rings. The van der Waals surface area contributed by atoms with E-state index in [0.717, 1.165) is 25.2 Å². The third kappa shape index (κ3) is 2.44. The van der Waals surface area contributed by atoms with Gasteiger partial charge in [-0.05, 0) is 18.6 Å². The first-order valence-electron chi connectivity index (χ1n) is 5.85. The Morgan fingerprint density at radius 2 is 2.26 bits per heavy atom. The molecule has 19 heavy (non-hydrogen) atoms. The van der Waals surface area contributed by atoms with Gasteiger partial charge in [-0.15, -0.1) is 5.10 Å². The Labute approximate surface area is 107 Å². The molecule has 9 nitrogen and oxygen atoms in total. The average Bonchev–Trinajstić information content (AvgIpc) is 3.06. The number of nitrogens with zero attached hydrogens (tertiary/aromatic N) is 5. The van der Waals surface area contributed by atoms with Gasteiger partial charge in [-0.25, -0.2) is 14.9 Å². The van der Waals surface area contributed by atoms with E-state index >= 15 is 0 Å². The quantitative estimate of drug-likeness (QED) is 0.536. The highest BCUT2D eigenvalue weighted by Gasteiger charge is 2.02. The third-order valence-corrected chi connectivity index (χ3v) is 2.63. The van der Waals surface area contributed by atoms with Crippen molar-refractivity contribution in [2.75, 3.05) is 11.9 Å². The zero-order valence-corrected chi connectivity index (χ0v) is 10.00. The van der Waals surface area contributed by atoms with Crippen molar-refractivity contribution < 1.29 is 0 Å². The van der Waals surface area contributed by atoms with Crippen molar-refractivity contribution >= 4 is 11.5 Å². The summed E-state index contributed by atoms with van der Waals surface area (Å²) >= 11 is 0. The highest BCUT2D eigenvalue weighted by atomic mass is 16.2. The Hall–Kier alpha value is -2.71. The van der Waals surface area contributed by atoms with Gasteiger partial charge in [0.25, 0.3) is 0 Å². The molecule has 9 heteroatoms.